The number of benzene rings is 2. The quantitative estimate of drug-likeness (QED) is 0.711. The molecule has 1 atom stereocenters. The fourth-order valence-corrected chi connectivity index (χ4v) is 3.42. The molecule has 0 aliphatic carbocycles. The van der Waals surface area contributed by atoms with Crippen LogP contribution in [0.5, 0.6) is 0 Å². The average Bonchev–Trinajstić information content (AvgIpc) is 2.90. The number of hydrogen-bond donors (Lipinski definition) is 3. The maximum absolute atomic E-state index is 12.2. The molecule has 1 aliphatic rings. The predicted molar refractivity (Wildman–Crippen MR) is 101 cm³/mol. The maximum atomic E-state index is 12.2. The van der Waals surface area contributed by atoms with Gasteiger partial charge in [-0.1, -0.05) is 48.9 Å². The van der Waals surface area contributed by atoms with E-state index in [1.807, 2.05) is 54.3 Å². The number of anilines is 2. The zero-order chi connectivity index (χ0) is 17.8. The number of nitrogens with one attached hydrogen (secondary N) is 2. The minimum absolute atomic E-state index is 0.0205. The third kappa shape index (κ3) is 3.79. The van der Waals surface area contributed by atoms with Crippen molar-refractivity contribution in [1.29, 1.82) is 0 Å². The molecule has 0 aromatic heterocycles. The van der Waals surface area contributed by atoms with E-state index in [0.717, 1.165) is 22.5 Å². The van der Waals surface area contributed by atoms with Crippen molar-refractivity contribution in [2.24, 2.45) is 0 Å². The van der Waals surface area contributed by atoms with Crippen LogP contribution in [0.1, 0.15) is 24.1 Å². The molecule has 132 valence electrons. The largest absolute Gasteiger partial charge is 0.395 e. The third-order valence-electron chi connectivity index (χ3n) is 4.29. The van der Waals surface area contributed by atoms with Crippen molar-refractivity contribution < 1.29 is 9.90 Å². The summed E-state index contributed by atoms with van der Waals surface area (Å²) in [4.78, 5) is 14.2. The SMILES string of the molecule is CCNC1C(=O)Nc2cc(N(CCO)Cc3ccccc3)c(Cl)cc21. The van der Waals surface area contributed by atoms with Gasteiger partial charge < -0.3 is 20.6 Å². The van der Waals surface area contributed by atoms with E-state index in [0.29, 0.717) is 24.7 Å². The molecule has 3 rings (SSSR count). The number of hydrogen-bond acceptors (Lipinski definition) is 4. The zero-order valence-corrected chi connectivity index (χ0v) is 14.9. The fourth-order valence-electron chi connectivity index (χ4n) is 3.13. The molecule has 3 N–H and O–H groups in total. The summed E-state index contributed by atoms with van der Waals surface area (Å²) < 4.78 is 0. The van der Waals surface area contributed by atoms with Crippen molar-refractivity contribution >= 4 is 28.9 Å². The van der Waals surface area contributed by atoms with Crippen molar-refractivity contribution in [3.63, 3.8) is 0 Å². The van der Waals surface area contributed by atoms with Gasteiger partial charge in [0.25, 0.3) is 0 Å². The van der Waals surface area contributed by atoms with Crippen LogP contribution < -0.4 is 15.5 Å². The lowest BCUT2D eigenvalue weighted by atomic mass is 10.1. The summed E-state index contributed by atoms with van der Waals surface area (Å²) >= 11 is 6.53. The van der Waals surface area contributed by atoms with Gasteiger partial charge in [0, 0.05) is 24.3 Å². The lowest BCUT2D eigenvalue weighted by Gasteiger charge is -2.26. The van der Waals surface area contributed by atoms with Crippen LogP contribution in [0.4, 0.5) is 11.4 Å². The molecule has 1 heterocycles. The topological polar surface area (TPSA) is 64.6 Å². The summed E-state index contributed by atoms with van der Waals surface area (Å²) in [6.45, 7) is 3.76. The number of nitrogens with zero attached hydrogens (tertiary/aromatic N) is 1. The number of likely N-dealkylation sites (N-methyl/N-ethyl adjacent to an activating group) is 1. The fraction of sp³-hybridized carbons (Fsp3) is 0.316. The number of fused-ring (bicyclic) bond motifs is 1. The molecule has 25 heavy (non-hydrogen) atoms. The summed E-state index contributed by atoms with van der Waals surface area (Å²) in [6.07, 6.45) is 0. The Hall–Kier alpha value is -2.08. The first-order valence-corrected chi connectivity index (χ1v) is 8.79. The van der Waals surface area contributed by atoms with Gasteiger partial charge >= 0.3 is 0 Å². The Labute approximate surface area is 152 Å². The first kappa shape index (κ1) is 17.7. The molecule has 1 aliphatic heterocycles. The molecule has 0 spiro atoms. The third-order valence-corrected chi connectivity index (χ3v) is 4.59. The Morgan fingerprint density at radius 1 is 1.28 bits per heavy atom. The Bertz CT molecular complexity index is 752. The van der Waals surface area contributed by atoms with Crippen LogP contribution in [0.2, 0.25) is 5.02 Å². The lowest BCUT2D eigenvalue weighted by molar-refractivity contribution is -0.117. The first-order valence-electron chi connectivity index (χ1n) is 8.41. The monoisotopic (exact) mass is 359 g/mol. The molecule has 0 fully saturated rings. The van der Waals surface area contributed by atoms with Crippen LogP contribution in [-0.2, 0) is 11.3 Å². The minimum atomic E-state index is -0.369. The Morgan fingerprint density at radius 2 is 2.04 bits per heavy atom. The summed E-state index contributed by atoms with van der Waals surface area (Å²) in [5, 5.41) is 16.1. The molecule has 2 aromatic rings. The van der Waals surface area contributed by atoms with E-state index >= 15 is 0 Å². The summed E-state index contributed by atoms with van der Waals surface area (Å²) in [6, 6.07) is 13.4. The second kappa shape index (κ2) is 7.87. The molecule has 6 heteroatoms. The Morgan fingerprint density at radius 3 is 2.72 bits per heavy atom. The number of amides is 1. The van der Waals surface area contributed by atoms with Gasteiger partial charge in [-0.2, -0.15) is 0 Å². The minimum Gasteiger partial charge on any atom is -0.395 e. The summed E-state index contributed by atoms with van der Waals surface area (Å²) in [5.41, 5.74) is 3.56. The molecule has 2 aromatic carbocycles. The second-order valence-electron chi connectivity index (χ2n) is 6.00. The van der Waals surface area contributed by atoms with Crippen LogP contribution in [0.15, 0.2) is 42.5 Å². The lowest BCUT2D eigenvalue weighted by Crippen LogP contribution is -2.27. The summed E-state index contributed by atoms with van der Waals surface area (Å²) in [5.74, 6) is -0.0677. The highest BCUT2D eigenvalue weighted by Crippen LogP contribution is 2.39. The number of carbonyl (C=O) groups is 1. The number of aliphatic hydroxyl groups excluding tert-OH is 1. The predicted octanol–water partition coefficient (Wildman–Crippen LogP) is 2.94. The van der Waals surface area contributed by atoms with Crippen LogP contribution >= 0.6 is 11.6 Å². The van der Waals surface area contributed by atoms with Gasteiger partial charge in [-0.3, -0.25) is 4.79 Å². The van der Waals surface area contributed by atoms with Gasteiger partial charge in [0.2, 0.25) is 5.91 Å². The van der Waals surface area contributed by atoms with Gasteiger partial charge in [-0.05, 0) is 24.2 Å². The van der Waals surface area contributed by atoms with E-state index in [1.54, 1.807) is 0 Å². The molecule has 0 radical (unpaired) electrons. The average molecular weight is 360 g/mol. The van der Waals surface area contributed by atoms with E-state index in [2.05, 4.69) is 10.6 Å². The molecular formula is C19H22ClN3O2. The number of rotatable bonds is 7. The zero-order valence-electron chi connectivity index (χ0n) is 14.1. The molecular weight excluding hydrogens is 338 g/mol. The number of aliphatic hydroxyl groups is 1. The molecule has 1 unspecified atom stereocenters. The normalized spacial score (nSPS) is 15.8. The van der Waals surface area contributed by atoms with Crippen LogP contribution in [-0.4, -0.2) is 30.7 Å². The Balaban J connectivity index is 1.93. The van der Waals surface area contributed by atoms with Crippen molar-refractivity contribution in [1.82, 2.24) is 5.32 Å². The second-order valence-corrected chi connectivity index (χ2v) is 6.41. The van der Waals surface area contributed by atoms with Crippen molar-refractivity contribution in [2.75, 3.05) is 29.9 Å². The molecule has 0 saturated heterocycles. The Kier molecular flexibility index (Phi) is 5.58. The van der Waals surface area contributed by atoms with E-state index in [9.17, 15) is 9.90 Å². The van der Waals surface area contributed by atoms with E-state index < -0.39 is 0 Å². The summed E-state index contributed by atoms with van der Waals surface area (Å²) in [7, 11) is 0. The van der Waals surface area contributed by atoms with Crippen LogP contribution in [0, 0.1) is 0 Å². The number of carbonyl (C=O) groups excluding carboxylic acids is 1. The number of halogens is 1. The smallest absolute Gasteiger partial charge is 0.246 e. The first-order chi connectivity index (χ1) is 12.1. The van der Waals surface area contributed by atoms with Crippen molar-refractivity contribution in [3.05, 3.63) is 58.6 Å². The standard InChI is InChI=1S/C19H22ClN3O2/c1-2-21-18-14-10-15(20)17(11-16(14)22-19(18)25)23(8-9-24)12-13-6-4-3-5-7-13/h3-7,10-11,18,21,24H,2,8-9,12H2,1H3,(H,22,25). The van der Waals surface area contributed by atoms with E-state index in [1.165, 1.54) is 0 Å². The molecule has 0 bridgehead atoms. The highest BCUT2D eigenvalue weighted by Gasteiger charge is 2.31. The van der Waals surface area contributed by atoms with Crippen LogP contribution in [0.3, 0.4) is 0 Å². The molecule has 1 amide bonds. The highest BCUT2D eigenvalue weighted by atomic mass is 35.5. The van der Waals surface area contributed by atoms with Gasteiger partial charge in [0.15, 0.2) is 0 Å². The molecule has 5 nitrogen and oxygen atoms in total. The maximum Gasteiger partial charge on any atom is 0.246 e. The van der Waals surface area contributed by atoms with Gasteiger partial charge in [0.05, 0.1) is 17.3 Å². The van der Waals surface area contributed by atoms with Gasteiger partial charge in [-0.25, -0.2) is 0 Å². The van der Waals surface area contributed by atoms with Crippen LogP contribution in [0.25, 0.3) is 0 Å². The van der Waals surface area contributed by atoms with Crippen molar-refractivity contribution in [2.45, 2.75) is 19.5 Å². The van der Waals surface area contributed by atoms with E-state index in [4.69, 9.17) is 11.6 Å². The molecule has 0 saturated carbocycles. The van der Waals surface area contributed by atoms with Crippen molar-refractivity contribution in [3.8, 4) is 0 Å². The van der Waals surface area contributed by atoms with Gasteiger partial charge in [0.1, 0.15) is 6.04 Å². The highest BCUT2D eigenvalue weighted by molar-refractivity contribution is 6.33. The van der Waals surface area contributed by atoms with E-state index in [-0.39, 0.29) is 18.6 Å². The van der Waals surface area contributed by atoms with Gasteiger partial charge in [-0.15, -0.1) is 0 Å².